The van der Waals surface area contributed by atoms with Gasteiger partial charge in [0.25, 0.3) is 0 Å². The van der Waals surface area contributed by atoms with Gasteiger partial charge in [0.05, 0.1) is 11.7 Å². The van der Waals surface area contributed by atoms with E-state index in [1.54, 1.807) is 6.20 Å². The Morgan fingerprint density at radius 1 is 1.42 bits per heavy atom. The van der Waals surface area contributed by atoms with Gasteiger partial charge in [-0.05, 0) is 48.6 Å². The molecule has 1 aromatic heterocycles. The number of aryl methyl sites for hydroxylation is 1. The number of anilines is 1. The number of hydrogen-bond acceptors (Lipinski definition) is 2. The largest absolute Gasteiger partial charge is 0.376 e. The molecule has 1 N–H and O–H groups in total. The average molecular weight is 338 g/mol. The van der Waals surface area contributed by atoms with E-state index in [0.717, 1.165) is 24.1 Å². The van der Waals surface area contributed by atoms with Crippen LogP contribution in [0.15, 0.2) is 34.9 Å². The molecule has 0 saturated heterocycles. The van der Waals surface area contributed by atoms with Crippen molar-refractivity contribution in [2.24, 2.45) is 0 Å². The smallest absolute Gasteiger partial charge is 0.152 e. The molecule has 0 fully saturated rings. The molecular weight excluding hydrogens is 324 g/mol. The Morgan fingerprint density at radius 2 is 2.26 bits per heavy atom. The molecule has 1 aromatic carbocycles. The molecule has 0 aliphatic heterocycles. The first-order valence-corrected chi connectivity index (χ1v) is 7.48. The normalized spacial score (nSPS) is 17.3. The fraction of sp³-hybridized carbons (Fsp3) is 0.267. The van der Waals surface area contributed by atoms with Crippen LogP contribution in [0.1, 0.15) is 29.2 Å². The molecule has 0 radical (unpaired) electrons. The molecule has 4 heteroatoms. The number of fused-ring (bicyclic) bond motifs is 1. The lowest BCUT2D eigenvalue weighted by Gasteiger charge is -2.16. The first-order valence-electron chi connectivity index (χ1n) is 6.31. The standard InChI is InChI=1S/C15H14BrClN2/c1-9-7-14(15(17)18-8-9)19-13-6-5-10-11(13)3-2-4-12(10)16/h2-4,7-8,13,19H,5-6H2,1H3. The van der Waals surface area contributed by atoms with E-state index in [-0.39, 0.29) is 0 Å². The number of benzene rings is 1. The van der Waals surface area contributed by atoms with E-state index in [9.17, 15) is 0 Å². The Morgan fingerprint density at radius 3 is 3.11 bits per heavy atom. The summed E-state index contributed by atoms with van der Waals surface area (Å²) in [4.78, 5) is 4.19. The van der Waals surface area contributed by atoms with Gasteiger partial charge >= 0.3 is 0 Å². The molecular formula is C15H14BrClN2. The predicted octanol–water partition coefficient (Wildman–Crippen LogP) is 4.91. The number of pyridine rings is 1. The van der Waals surface area contributed by atoms with Crippen molar-refractivity contribution in [1.29, 1.82) is 0 Å². The molecule has 0 bridgehead atoms. The van der Waals surface area contributed by atoms with E-state index in [2.05, 4.69) is 44.4 Å². The highest BCUT2D eigenvalue weighted by Gasteiger charge is 2.24. The zero-order valence-electron chi connectivity index (χ0n) is 10.6. The Balaban J connectivity index is 1.91. The molecule has 1 atom stereocenters. The van der Waals surface area contributed by atoms with Gasteiger partial charge in [0.15, 0.2) is 5.15 Å². The second-order valence-corrected chi connectivity index (χ2v) is 6.11. The maximum atomic E-state index is 6.15. The number of rotatable bonds is 2. The molecule has 1 unspecified atom stereocenters. The van der Waals surface area contributed by atoms with E-state index >= 15 is 0 Å². The van der Waals surface area contributed by atoms with Crippen molar-refractivity contribution in [2.45, 2.75) is 25.8 Å². The maximum absolute atomic E-state index is 6.15. The highest BCUT2D eigenvalue weighted by molar-refractivity contribution is 9.10. The molecule has 2 nitrogen and oxygen atoms in total. The van der Waals surface area contributed by atoms with Crippen molar-refractivity contribution in [3.05, 3.63) is 56.8 Å². The molecule has 3 rings (SSSR count). The Labute approximate surface area is 126 Å². The van der Waals surface area contributed by atoms with Gasteiger partial charge in [0.1, 0.15) is 0 Å². The van der Waals surface area contributed by atoms with Gasteiger partial charge in [0, 0.05) is 10.7 Å². The third kappa shape index (κ3) is 2.49. The quantitative estimate of drug-likeness (QED) is 0.788. The first kappa shape index (κ1) is 12.9. The summed E-state index contributed by atoms with van der Waals surface area (Å²) in [6, 6.07) is 8.72. The van der Waals surface area contributed by atoms with Gasteiger partial charge in [-0.2, -0.15) is 0 Å². The van der Waals surface area contributed by atoms with Gasteiger partial charge in [-0.15, -0.1) is 0 Å². The molecule has 0 saturated carbocycles. The number of nitrogens with one attached hydrogen (secondary N) is 1. The summed E-state index contributed by atoms with van der Waals surface area (Å²) >= 11 is 9.77. The summed E-state index contributed by atoms with van der Waals surface area (Å²) in [6.45, 7) is 2.02. The lowest BCUT2D eigenvalue weighted by molar-refractivity contribution is 0.761. The van der Waals surface area contributed by atoms with Gasteiger partial charge < -0.3 is 5.32 Å². The summed E-state index contributed by atoms with van der Waals surface area (Å²) in [5, 5.41) is 4.05. The van der Waals surface area contributed by atoms with E-state index < -0.39 is 0 Å². The van der Waals surface area contributed by atoms with Crippen LogP contribution in [0.25, 0.3) is 0 Å². The predicted molar refractivity (Wildman–Crippen MR) is 82.8 cm³/mol. The molecule has 0 spiro atoms. The fourth-order valence-corrected chi connectivity index (χ4v) is 3.34. The fourth-order valence-electron chi connectivity index (χ4n) is 2.60. The topological polar surface area (TPSA) is 24.9 Å². The number of aromatic nitrogens is 1. The van der Waals surface area contributed by atoms with Crippen molar-refractivity contribution >= 4 is 33.2 Å². The third-order valence-corrected chi connectivity index (χ3v) is 4.56. The van der Waals surface area contributed by atoms with E-state index in [1.807, 2.05) is 13.0 Å². The van der Waals surface area contributed by atoms with Crippen LogP contribution in [0, 0.1) is 6.92 Å². The van der Waals surface area contributed by atoms with E-state index in [4.69, 9.17) is 11.6 Å². The monoisotopic (exact) mass is 336 g/mol. The molecule has 1 aliphatic carbocycles. The van der Waals surface area contributed by atoms with Crippen LogP contribution in [0.4, 0.5) is 5.69 Å². The van der Waals surface area contributed by atoms with Crippen LogP contribution >= 0.6 is 27.5 Å². The van der Waals surface area contributed by atoms with E-state index in [0.29, 0.717) is 11.2 Å². The summed E-state index contributed by atoms with van der Waals surface area (Å²) in [5.74, 6) is 0. The molecule has 2 aromatic rings. The van der Waals surface area contributed by atoms with Crippen LogP contribution in [0.3, 0.4) is 0 Å². The van der Waals surface area contributed by atoms with Crippen LogP contribution in [0.5, 0.6) is 0 Å². The van der Waals surface area contributed by atoms with Crippen LogP contribution in [0.2, 0.25) is 5.15 Å². The van der Waals surface area contributed by atoms with Crippen molar-refractivity contribution in [3.8, 4) is 0 Å². The number of halogens is 2. The van der Waals surface area contributed by atoms with Gasteiger partial charge in [-0.3, -0.25) is 0 Å². The summed E-state index contributed by atoms with van der Waals surface area (Å²) in [6.07, 6.45) is 3.96. The number of nitrogens with zero attached hydrogens (tertiary/aromatic N) is 1. The summed E-state index contributed by atoms with van der Waals surface area (Å²) in [5.41, 5.74) is 4.78. The first-order chi connectivity index (χ1) is 9.15. The Bertz CT molecular complexity index is 628. The van der Waals surface area contributed by atoms with Crippen molar-refractivity contribution in [3.63, 3.8) is 0 Å². The Hall–Kier alpha value is -1.06. The second kappa shape index (κ2) is 5.14. The molecule has 19 heavy (non-hydrogen) atoms. The van der Waals surface area contributed by atoms with Crippen molar-refractivity contribution < 1.29 is 0 Å². The maximum Gasteiger partial charge on any atom is 0.152 e. The Kier molecular flexibility index (Phi) is 3.50. The summed E-state index contributed by atoms with van der Waals surface area (Å²) in [7, 11) is 0. The van der Waals surface area contributed by atoms with Crippen LogP contribution in [-0.2, 0) is 6.42 Å². The average Bonchev–Trinajstić information content (AvgIpc) is 2.79. The lowest BCUT2D eigenvalue weighted by atomic mass is 10.1. The van der Waals surface area contributed by atoms with Crippen molar-refractivity contribution in [1.82, 2.24) is 4.98 Å². The SMILES string of the molecule is Cc1cnc(Cl)c(NC2CCc3c(Br)cccc32)c1. The summed E-state index contributed by atoms with van der Waals surface area (Å²) < 4.78 is 1.20. The minimum Gasteiger partial charge on any atom is -0.376 e. The van der Waals surface area contributed by atoms with Crippen molar-refractivity contribution in [2.75, 3.05) is 5.32 Å². The van der Waals surface area contributed by atoms with Crippen LogP contribution < -0.4 is 5.32 Å². The molecule has 1 heterocycles. The molecule has 1 aliphatic rings. The highest BCUT2D eigenvalue weighted by Crippen LogP contribution is 2.38. The lowest BCUT2D eigenvalue weighted by Crippen LogP contribution is -2.08. The van der Waals surface area contributed by atoms with Gasteiger partial charge in [-0.1, -0.05) is 39.7 Å². The van der Waals surface area contributed by atoms with Gasteiger partial charge in [-0.25, -0.2) is 4.98 Å². The number of hydrogen-bond donors (Lipinski definition) is 1. The van der Waals surface area contributed by atoms with Gasteiger partial charge in [0.2, 0.25) is 0 Å². The second-order valence-electron chi connectivity index (χ2n) is 4.89. The minimum atomic E-state index is 0.314. The zero-order valence-corrected chi connectivity index (χ0v) is 12.9. The highest BCUT2D eigenvalue weighted by atomic mass is 79.9. The van der Waals surface area contributed by atoms with Crippen LogP contribution in [-0.4, -0.2) is 4.98 Å². The zero-order chi connectivity index (χ0) is 13.4. The minimum absolute atomic E-state index is 0.314. The molecule has 0 amide bonds. The van der Waals surface area contributed by atoms with E-state index in [1.165, 1.54) is 15.6 Å². The molecule has 98 valence electrons. The third-order valence-electron chi connectivity index (χ3n) is 3.52.